The zero-order chi connectivity index (χ0) is 8.93. The Morgan fingerprint density at radius 1 is 1.31 bits per heavy atom. The third-order valence-electron chi connectivity index (χ3n) is 3.01. The van der Waals surface area contributed by atoms with E-state index in [0.29, 0.717) is 0 Å². The predicted molar refractivity (Wildman–Crippen MR) is 52.8 cm³/mol. The van der Waals surface area contributed by atoms with E-state index in [-0.39, 0.29) is 0 Å². The van der Waals surface area contributed by atoms with Gasteiger partial charge in [-0.25, -0.2) is 0 Å². The molecule has 2 fully saturated rings. The van der Waals surface area contributed by atoms with E-state index in [1.54, 1.807) is 0 Å². The maximum absolute atomic E-state index is 5.32. The maximum atomic E-state index is 5.32. The number of ether oxygens (including phenoxy) is 1. The lowest BCUT2D eigenvalue weighted by molar-refractivity contribution is 0.185. The molecule has 0 radical (unpaired) electrons. The monoisotopic (exact) mass is 184 g/mol. The second kappa shape index (κ2) is 4.94. The average Bonchev–Trinajstić information content (AvgIpc) is 2.75. The van der Waals surface area contributed by atoms with Crippen LogP contribution in [0.1, 0.15) is 19.3 Å². The van der Waals surface area contributed by atoms with E-state index in [9.17, 15) is 0 Å². The second-order valence-corrected chi connectivity index (χ2v) is 4.18. The van der Waals surface area contributed by atoms with E-state index < -0.39 is 0 Å². The zero-order valence-corrected chi connectivity index (χ0v) is 8.22. The molecule has 2 saturated heterocycles. The molecule has 3 heteroatoms. The number of hydrogen-bond donors (Lipinski definition) is 2. The van der Waals surface area contributed by atoms with Crippen LogP contribution in [0, 0.1) is 5.92 Å². The minimum atomic E-state index is 0.724. The molecule has 0 spiro atoms. The molecule has 2 unspecified atom stereocenters. The largest absolute Gasteiger partial charge is 0.381 e. The summed E-state index contributed by atoms with van der Waals surface area (Å²) in [7, 11) is 0. The predicted octanol–water partition coefficient (Wildman–Crippen LogP) is 0.364. The van der Waals surface area contributed by atoms with Crippen molar-refractivity contribution in [3.05, 3.63) is 0 Å². The lowest BCUT2D eigenvalue weighted by atomic mass is 10.1. The molecule has 2 heterocycles. The van der Waals surface area contributed by atoms with Crippen LogP contribution in [0.2, 0.25) is 0 Å². The lowest BCUT2D eigenvalue weighted by Gasteiger charge is -2.13. The van der Waals surface area contributed by atoms with Crippen molar-refractivity contribution in [3.8, 4) is 0 Å². The van der Waals surface area contributed by atoms with Crippen LogP contribution in [0.5, 0.6) is 0 Å². The molecule has 2 atom stereocenters. The van der Waals surface area contributed by atoms with Gasteiger partial charge in [0.25, 0.3) is 0 Å². The fraction of sp³-hybridized carbons (Fsp3) is 1.00. The summed E-state index contributed by atoms with van der Waals surface area (Å²) in [5.41, 5.74) is 0. The van der Waals surface area contributed by atoms with Crippen LogP contribution < -0.4 is 10.6 Å². The molecule has 0 bridgehead atoms. The van der Waals surface area contributed by atoms with Crippen LogP contribution in [0.25, 0.3) is 0 Å². The van der Waals surface area contributed by atoms with Gasteiger partial charge in [-0.3, -0.25) is 0 Å². The highest BCUT2D eigenvalue weighted by atomic mass is 16.5. The summed E-state index contributed by atoms with van der Waals surface area (Å²) in [6.07, 6.45) is 3.93. The van der Waals surface area contributed by atoms with E-state index in [1.165, 1.54) is 25.8 Å². The van der Waals surface area contributed by atoms with Gasteiger partial charge in [0, 0.05) is 25.7 Å². The Morgan fingerprint density at radius 3 is 3.00 bits per heavy atom. The zero-order valence-electron chi connectivity index (χ0n) is 8.22. The molecule has 76 valence electrons. The molecule has 2 rings (SSSR count). The number of rotatable bonds is 4. The molecule has 0 aromatic heterocycles. The Kier molecular flexibility index (Phi) is 3.58. The van der Waals surface area contributed by atoms with Gasteiger partial charge < -0.3 is 15.4 Å². The van der Waals surface area contributed by atoms with Gasteiger partial charge in [-0.15, -0.1) is 0 Å². The topological polar surface area (TPSA) is 33.3 Å². The van der Waals surface area contributed by atoms with Crippen molar-refractivity contribution in [2.24, 2.45) is 5.92 Å². The Labute approximate surface area is 80.2 Å². The summed E-state index contributed by atoms with van der Waals surface area (Å²) in [5, 5.41) is 7.01. The van der Waals surface area contributed by atoms with Crippen LogP contribution in [0.4, 0.5) is 0 Å². The standard InChI is InChI=1S/C10H20N2O/c1-2-10(12-4-1)7-11-6-9-3-5-13-8-9/h9-12H,1-8H2. The van der Waals surface area contributed by atoms with Crippen molar-refractivity contribution in [1.82, 2.24) is 10.6 Å². The van der Waals surface area contributed by atoms with Crippen molar-refractivity contribution >= 4 is 0 Å². The molecule has 0 aliphatic carbocycles. The fourth-order valence-corrected chi connectivity index (χ4v) is 2.14. The normalized spacial score (nSPS) is 34.2. The van der Waals surface area contributed by atoms with Crippen molar-refractivity contribution in [1.29, 1.82) is 0 Å². The second-order valence-electron chi connectivity index (χ2n) is 4.18. The quantitative estimate of drug-likeness (QED) is 0.662. The summed E-state index contributed by atoms with van der Waals surface area (Å²) in [4.78, 5) is 0. The Morgan fingerprint density at radius 2 is 2.31 bits per heavy atom. The van der Waals surface area contributed by atoms with Gasteiger partial charge in [0.15, 0.2) is 0 Å². The van der Waals surface area contributed by atoms with E-state index >= 15 is 0 Å². The molecule has 0 amide bonds. The molecular weight excluding hydrogens is 164 g/mol. The first-order valence-corrected chi connectivity index (χ1v) is 5.47. The highest BCUT2D eigenvalue weighted by Crippen LogP contribution is 2.10. The first-order chi connectivity index (χ1) is 6.45. The molecule has 0 aromatic rings. The third kappa shape index (κ3) is 2.93. The first-order valence-electron chi connectivity index (χ1n) is 5.47. The summed E-state index contributed by atoms with van der Waals surface area (Å²) < 4.78 is 5.32. The Balaban J connectivity index is 1.52. The molecule has 2 N–H and O–H groups in total. The molecule has 3 nitrogen and oxygen atoms in total. The summed E-state index contributed by atoms with van der Waals surface area (Å²) in [6, 6.07) is 0.724. The highest BCUT2D eigenvalue weighted by molar-refractivity contribution is 4.77. The minimum Gasteiger partial charge on any atom is -0.381 e. The van der Waals surface area contributed by atoms with Gasteiger partial charge in [-0.05, 0) is 31.7 Å². The molecule has 13 heavy (non-hydrogen) atoms. The average molecular weight is 184 g/mol. The van der Waals surface area contributed by atoms with E-state index in [1.807, 2.05) is 0 Å². The number of nitrogens with one attached hydrogen (secondary N) is 2. The number of hydrogen-bond acceptors (Lipinski definition) is 3. The molecule has 2 aliphatic heterocycles. The SMILES string of the molecule is C1CNC(CNCC2CCOC2)C1. The van der Waals surface area contributed by atoms with Gasteiger partial charge in [-0.2, -0.15) is 0 Å². The van der Waals surface area contributed by atoms with Crippen LogP contribution in [-0.4, -0.2) is 38.9 Å². The van der Waals surface area contributed by atoms with Crippen LogP contribution in [0.3, 0.4) is 0 Å². The van der Waals surface area contributed by atoms with Gasteiger partial charge in [0.05, 0.1) is 6.61 Å². The Hall–Kier alpha value is -0.120. The first kappa shape index (κ1) is 9.44. The molecule has 2 aliphatic rings. The Bertz CT molecular complexity index is 124. The van der Waals surface area contributed by atoms with E-state index in [2.05, 4.69) is 10.6 Å². The highest BCUT2D eigenvalue weighted by Gasteiger charge is 2.17. The van der Waals surface area contributed by atoms with Crippen LogP contribution in [0.15, 0.2) is 0 Å². The van der Waals surface area contributed by atoms with E-state index in [4.69, 9.17) is 4.74 Å². The lowest BCUT2D eigenvalue weighted by Crippen LogP contribution is -2.36. The van der Waals surface area contributed by atoms with Gasteiger partial charge in [0.1, 0.15) is 0 Å². The van der Waals surface area contributed by atoms with Crippen LogP contribution >= 0.6 is 0 Å². The summed E-state index contributed by atoms with van der Waals surface area (Å²) in [6.45, 7) is 5.41. The van der Waals surface area contributed by atoms with Crippen LogP contribution in [-0.2, 0) is 4.74 Å². The minimum absolute atomic E-state index is 0.724. The third-order valence-corrected chi connectivity index (χ3v) is 3.01. The van der Waals surface area contributed by atoms with Crippen molar-refractivity contribution in [2.75, 3.05) is 32.8 Å². The van der Waals surface area contributed by atoms with E-state index in [0.717, 1.165) is 38.3 Å². The van der Waals surface area contributed by atoms with Gasteiger partial charge in [-0.1, -0.05) is 0 Å². The van der Waals surface area contributed by atoms with Gasteiger partial charge in [0.2, 0.25) is 0 Å². The smallest absolute Gasteiger partial charge is 0.0507 e. The van der Waals surface area contributed by atoms with Crippen molar-refractivity contribution < 1.29 is 4.74 Å². The van der Waals surface area contributed by atoms with Crippen molar-refractivity contribution in [2.45, 2.75) is 25.3 Å². The molecule has 0 aromatic carbocycles. The van der Waals surface area contributed by atoms with Gasteiger partial charge >= 0.3 is 0 Å². The maximum Gasteiger partial charge on any atom is 0.0507 e. The van der Waals surface area contributed by atoms with Crippen molar-refractivity contribution in [3.63, 3.8) is 0 Å². The summed E-state index contributed by atoms with van der Waals surface area (Å²) >= 11 is 0. The fourth-order valence-electron chi connectivity index (χ4n) is 2.14. The molecular formula is C10H20N2O. The molecule has 0 saturated carbocycles. The summed E-state index contributed by atoms with van der Waals surface area (Å²) in [5.74, 6) is 0.765.